The van der Waals surface area contributed by atoms with E-state index in [1.54, 1.807) is 31.3 Å². The molecule has 0 aliphatic carbocycles. The van der Waals surface area contributed by atoms with Gasteiger partial charge in [-0.05, 0) is 37.3 Å². The van der Waals surface area contributed by atoms with Crippen LogP contribution in [0.4, 0.5) is 11.4 Å². The standard InChI is InChI=1S/C19H18N2O3/c1-12-16-6-4-5-7-17(16)24-18(12)19(23)20-14-8-10-15(11-9-14)21(3)13(2)22/h4-11H,1-3H3,(H,20,23). The topological polar surface area (TPSA) is 62.6 Å². The molecule has 3 rings (SSSR count). The molecule has 1 heterocycles. The predicted molar refractivity (Wildman–Crippen MR) is 94.4 cm³/mol. The molecule has 0 saturated carbocycles. The third-order valence-corrected chi connectivity index (χ3v) is 4.03. The van der Waals surface area contributed by atoms with Crippen LogP contribution >= 0.6 is 0 Å². The van der Waals surface area contributed by atoms with E-state index in [1.165, 1.54) is 11.8 Å². The van der Waals surface area contributed by atoms with E-state index in [2.05, 4.69) is 5.32 Å². The van der Waals surface area contributed by atoms with Gasteiger partial charge in [-0.25, -0.2) is 0 Å². The van der Waals surface area contributed by atoms with Crippen molar-refractivity contribution >= 4 is 34.2 Å². The number of hydrogen-bond acceptors (Lipinski definition) is 3. The van der Waals surface area contributed by atoms with Gasteiger partial charge in [0.25, 0.3) is 5.91 Å². The van der Waals surface area contributed by atoms with Crippen LogP contribution in [0.1, 0.15) is 23.0 Å². The van der Waals surface area contributed by atoms with Crippen LogP contribution in [-0.2, 0) is 4.79 Å². The molecule has 0 saturated heterocycles. The highest BCUT2D eigenvalue weighted by molar-refractivity contribution is 6.06. The predicted octanol–water partition coefficient (Wildman–Crippen LogP) is 3.98. The number of anilines is 2. The summed E-state index contributed by atoms with van der Waals surface area (Å²) in [6.07, 6.45) is 0. The fourth-order valence-corrected chi connectivity index (χ4v) is 2.53. The first-order valence-electron chi connectivity index (χ1n) is 7.61. The van der Waals surface area contributed by atoms with Crippen LogP contribution in [0.3, 0.4) is 0 Å². The van der Waals surface area contributed by atoms with Crippen LogP contribution in [0.2, 0.25) is 0 Å². The molecule has 2 amide bonds. The number of nitrogens with zero attached hydrogens (tertiary/aromatic N) is 1. The maximum Gasteiger partial charge on any atom is 0.291 e. The zero-order valence-corrected chi connectivity index (χ0v) is 13.8. The fourth-order valence-electron chi connectivity index (χ4n) is 2.53. The Balaban J connectivity index is 1.81. The van der Waals surface area contributed by atoms with E-state index in [0.717, 1.165) is 16.6 Å². The lowest BCUT2D eigenvalue weighted by molar-refractivity contribution is -0.116. The Hall–Kier alpha value is -3.08. The van der Waals surface area contributed by atoms with Gasteiger partial charge >= 0.3 is 0 Å². The van der Waals surface area contributed by atoms with E-state index in [9.17, 15) is 9.59 Å². The molecule has 2 aromatic carbocycles. The first-order chi connectivity index (χ1) is 11.5. The minimum Gasteiger partial charge on any atom is -0.451 e. The second kappa shape index (κ2) is 6.20. The van der Waals surface area contributed by atoms with Gasteiger partial charge in [-0.2, -0.15) is 0 Å². The highest BCUT2D eigenvalue weighted by atomic mass is 16.3. The number of fused-ring (bicyclic) bond motifs is 1. The normalized spacial score (nSPS) is 10.6. The van der Waals surface area contributed by atoms with Gasteiger partial charge in [0.15, 0.2) is 5.76 Å². The first kappa shape index (κ1) is 15.8. The molecule has 1 aromatic heterocycles. The van der Waals surface area contributed by atoms with Gasteiger partial charge in [-0.3, -0.25) is 9.59 Å². The van der Waals surface area contributed by atoms with Crippen LogP contribution in [0.25, 0.3) is 11.0 Å². The third kappa shape index (κ3) is 2.88. The Morgan fingerprint density at radius 1 is 1.04 bits per heavy atom. The van der Waals surface area contributed by atoms with Crippen molar-refractivity contribution < 1.29 is 14.0 Å². The number of carbonyl (C=O) groups is 2. The number of furan rings is 1. The highest BCUT2D eigenvalue weighted by Crippen LogP contribution is 2.26. The number of amides is 2. The molecule has 0 bridgehead atoms. The van der Waals surface area contributed by atoms with Crippen molar-refractivity contribution in [1.29, 1.82) is 0 Å². The van der Waals surface area contributed by atoms with Crippen molar-refractivity contribution in [3.63, 3.8) is 0 Å². The molecule has 122 valence electrons. The summed E-state index contributed by atoms with van der Waals surface area (Å²) >= 11 is 0. The number of hydrogen-bond donors (Lipinski definition) is 1. The Kier molecular flexibility index (Phi) is 4.08. The molecule has 1 N–H and O–H groups in total. The lowest BCUT2D eigenvalue weighted by Gasteiger charge is -2.15. The molecule has 0 aliphatic heterocycles. The molecule has 5 heteroatoms. The van der Waals surface area contributed by atoms with Crippen LogP contribution in [0, 0.1) is 6.92 Å². The second-order valence-corrected chi connectivity index (χ2v) is 5.63. The SMILES string of the molecule is CC(=O)N(C)c1ccc(NC(=O)c2oc3ccccc3c2C)cc1. The molecule has 0 aliphatic rings. The van der Waals surface area contributed by atoms with E-state index in [1.807, 2.05) is 31.2 Å². The minimum atomic E-state index is -0.295. The van der Waals surface area contributed by atoms with Crippen molar-refractivity contribution in [3.8, 4) is 0 Å². The molecule has 5 nitrogen and oxygen atoms in total. The average molecular weight is 322 g/mol. The van der Waals surface area contributed by atoms with E-state index in [0.29, 0.717) is 17.0 Å². The van der Waals surface area contributed by atoms with Crippen molar-refractivity contribution in [2.45, 2.75) is 13.8 Å². The van der Waals surface area contributed by atoms with Crippen molar-refractivity contribution in [3.05, 3.63) is 59.9 Å². The fraction of sp³-hybridized carbons (Fsp3) is 0.158. The van der Waals surface area contributed by atoms with Crippen molar-refractivity contribution in [2.24, 2.45) is 0 Å². The van der Waals surface area contributed by atoms with Crippen LogP contribution < -0.4 is 10.2 Å². The summed E-state index contributed by atoms with van der Waals surface area (Å²) < 4.78 is 5.66. The van der Waals surface area contributed by atoms with E-state index < -0.39 is 0 Å². The highest BCUT2D eigenvalue weighted by Gasteiger charge is 2.17. The molecule has 3 aromatic rings. The van der Waals surface area contributed by atoms with Crippen LogP contribution in [0.5, 0.6) is 0 Å². The summed E-state index contributed by atoms with van der Waals surface area (Å²) in [6.45, 7) is 3.37. The summed E-state index contributed by atoms with van der Waals surface area (Å²) in [5, 5.41) is 3.75. The van der Waals surface area contributed by atoms with Crippen LogP contribution in [-0.4, -0.2) is 18.9 Å². The van der Waals surface area contributed by atoms with Gasteiger partial charge < -0.3 is 14.6 Å². The quantitative estimate of drug-likeness (QED) is 0.793. The third-order valence-electron chi connectivity index (χ3n) is 4.03. The number of nitrogens with one attached hydrogen (secondary N) is 1. The smallest absolute Gasteiger partial charge is 0.291 e. The summed E-state index contributed by atoms with van der Waals surface area (Å²) in [6, 6.07) is 14.6. The Morgan fingerprint density at radius 2 is 1.71 bits per heavy atom. The summed E-state index contributed by atoms with van der Waals surface area (Å²) in [5.41, 5.74) is 2.91. The van der Waals surface area contributed by atoms with E-state index in [4.69, 9.17) is 4.42 Å². The largest absolute Gasteiger partial charge is 0.451 e. The second-order valence-electron chi connectivity index (χ2n) is 5.63. The number of rotatable bonds is 3. The van der Waals surface area contributed by atoms with E-state index in [-0.39, 0.29) is 11.8 Å². The Morgan fingerprint density at radius 3 is 2.33 bits per heavy atom. The number of para-hydroxylation sites is 1. The van der Waals surface area contributed by atoms with Gasteiger partial charge in [0.05, 0.1) is 0 Å². The van der Waals surface area contributed by atoms with Gasteiger partial charge in [0.1, 0.15) is 5.58 Å². The zero-order valence-electron chi connectivity index (χ0n) is 13.8. The summed E-state index contributed by atoms with van der Waals surface area (Å²) in [4.78, 5) is 25.4. The lowest BCUT2D eigenvalue weighted by Crippen LogP contribution is -2.22. The maximum atomic E-state index is 12.5. The Bertz CT molecular complexity index is 910. The molecular formula is C19H18N2O3. The average Bonchev–Trinajstić information content (AvgIpc) is 2.92. The molecule has 0 spiro atoms. The summed E-state index contributed by atoms with van der Waals surface area (Å²) in [7, 11) is 1.70. The van der Waals surface area contributed by atoms with Gasteiger partial charge in [0, 0.05) is 36.3 Å². The number of benzene rings is 2. The molecule has 0 fully saturated rings. The Labute approximate surface area is 139 Å². The maximum absolute atomic E-state index is 12.5. The molecule has 24 heavy (non-hydrogen) atoms. The van der Waals surface area contributed by atoms with Crippen LogP contribution in [0.15, 0.2) is 52.9 Å². The zero-order chi connectivity index (χ0) is 17.3. The number of carbonyl (C=O) groups excluding carboxylic acids is 2. The van der Waals surface area contributed by atoms with Crippen molar-refractivity contribution in [2.75, 3.05) is 17.3 Å². The first-order valence-corrected chi connectivity index (χ1v) is 7.61. The summed E-state index contributed by atoms with van der Waals surface area (Å²) in [5.74, 6) is -0.0396. The molecule has 0 unspecified atom stereocenters. The monoisotopic (exact) mass is 322 g/mol. The van der Waals surface area contributed by atoms with E-state index >= 15 is 0 Å². The van der Waals surface area contributed by atoms with Crippen molar-refractivity contribution in [1.82, 2.24) is 0 Å². The number of aryl methyl sites for hydroxylation is 1. The molecular weight excluding hydrogens is 304 g/mol. The lowest BCUT2D eigenvalue weighted by atomic mass is 10.1. The minimum absolute atomic E-state index is 0.0512. The van der Waals surface area contributed by atoms with Gasteiger partial charge in [-0.15, -0.1) is 0 Å². The molecule has 0 atom stereocenters. The molecule has 0 radical (unpaired) electrons. The van der Waals surface area contributed by atoms with Gasteiger partial charge in [-0.1, -0.05) is 18.2 Å². The van der Waals surface area contributed by atoms with Gasteiger partial charge in [0.2, 0.25) is 5.91 Å².